The zero-order valence-corrected chi connectivity index (χ0v) is 9.14. The minimum absolute atomic E-state index is 0.625. The van der Waals surface area contributed by atoms with E-state index < -0.39 is 0 Å². The van der Waals surface area contributed by atoms with Crippen molar-refractivity contribution in [1.29, 1.82) is 0 Å². The quantitative estimate of drug-likeness (QED) is 0.542. The summed E-state index contributed by atoms with van der Waals surface area (Å²) in [4.78, 5) is 0. The predicted molar refractivity (Wildman–Crippen MR) is 63.7 cm³/mol. The molecule has 0 amide bonds. The second-order valence-corrected chi connectivity index (χ2v) is 4.20. The van der Waals surface area contributed by atoms with Crippen molar-refractivity contribution in [1.82, 2.24) is 0 Å². The SMILES string of the molecule is Clc1ccc2c(c1)oc1c(Cl)cccc12. The second-order valence-electron chi connectivity index (χ2n) is 3.36. The number of hydrogen-bond acceptors (Lipinski definition) is 1. The summed E-state index contributed by atoms with van der Waals surface area (Å²) in [6.07, 6.45) is 0. The van der Waals surface area contributed by atoms with Gasteiger partial charge in [0.2, 0.25) is 0 Å². The standard InChI is InChI=1S/C12H6Cl2O/c13-7-4-5-8-9-2-1-3-10(14)12(9)15-11(8)6-7/h1-6H. The summed E-state index contributed by atoms with van der Waals surface area (Å²) >= 11 is 11.9. The Morgan fingerprint density at radius 2 is 1.80 bits per heavy atom. The van der Waals surface area contributed by atoms with E-state index in [1.807, 2.05) is 30.3 Å². The van der Waals surface area contributed by atoms with Gasteiger partial charge in [-0.25, -0.2) is 0 Å². The van der Waals surface area contributed by atoms with Crippen LogP contribution in [0.15, 0.2) is 40.8 Å². The van der Waals surface area contributed by atoms with Crippen molar-refractivity contribution in [2.45, 2.75) is 0 Å². The molecule has 0 saturated heterocycles. The van der Waals surface area contributed by atoms with E-state index in [1.165, 1.54) is 0 Å². The Morgan fingerprint density at radius 3 is 2.67 bits per heavy atom. The Hall–Kier alpha value is -1.18. The normalized spacial score (nSPS) is 11.3. The maximum absolute atomic E-state index is 6.04. The van der Waals surface area contributed by atoms with Crippen LogP contribution in [-0.2, 0) is 0 Å². The number of rotatable bonds is 0. The lowest BCUT2D eigenvalue weighted by Crippen LogP contribution is -1.67. The largest absolute Gasteiger partial charge is 0.454 e. The van der Waals surface area contributed by atoms with Gasteiger partial charge in [-0.05, 0) is 18.2 Å². The van der Waals surface area contributed by atoms with Crippen LogP contribution in [0.4, 0.5) is 0 Å². The molecule has 0 aliphatic rings. The molecule has 3 aromatic rings. The van der Waals surface area contributed by atoms with E-state index in [-0.39, 0.29) is 0 Å². The smallest absolute Gasteiger partial charge is 0.153 e. The van der Waals surface area contributed by atoms with Gasteiger partial charge in [-0.2, -0.15) is 0 Å². The van der Waals surface area contributed by atoms with Gasteiger partial charge in [0.05, 0.1) is 5.02 Å². The highest BCUT2D eigenvalue weighted by Gasteiger charge is 2.09. The lowest BCUT2D eigenvalue weighted by atomic mass is 10.1. The highest BCUT2D eigenvalue weighted by Crippen LogP contribution is 2.34. The molecule has 3 heteroatoms. The summed E-state index contributed by atoms with van der Waals surface area (Å²) in [6.45, 7) is 0. The van der Waals surface area contributed by atoms with Crippen LogP contribution in [-0.4, -0.2) is 0 Å². The zero-order valence-electron chi connectivity index (χ0n) is 7.63. The Kier molecular flexibility index (Phi) is 1.91. The molecule has 1 heterocycles. The van der Waals surface area contributed by atoms with E-state index in [9.17, 15) is 0 Å². The first-order chi connectivity index (χ1) is 7.25. The fraction of sp³-hybridized carbons (Fsp3) is 0. The van der Waals surface area contributed by atoms with Gasteiger partial charge in [-0.3, -0.25) is 0 Å². The van der Waals surface area contributed by atoms with E-state index in [4.69, 9.17) is 27.6 Å². The van der Waals surface area contributed by atoms with E-state index >= 15 is 0 Å². The molecule has 0 aliphatic carbocycles. The highest BCUT2D eigenvalue weighted by molar-refractivity contribution is 6.36. The number of benzene rings is 2. The number of hydrogen-bond donors (Lipinski definition) is 0. The molecular formula is C12H6Cl2O. The summed E-state index contributed by atoms with van der Waals surface area (Å²) < 4.78 is 5.65. The topological polar surface area (TPSA) is 13.1 Å². The Balaban J connectivity index is 2.57. The molecule has 0 fully saturated rings. The summed E-state index contributed by atoms with van der Waals surface area (Å²) in [5.41, 5.74) is 1.49. The fourth-order valence-corrected chi connectivity index (χ4v) is 2.11. The minimum atomic E-state index is 0.625. The van der Waals surface area contributed by atoms with E-state index in [0.29, 0.717) is 10.0 Å². The van der Waals surface area contributed by atoms with Crippen LogP contribution >= 0.6 is 23.2 Å². The molecule has 0 N–H and O–H groups in total. The maximum Gasteiger partial charge on any atom is 0.153 e. The second kappa shape index (κ2) is 3.16. The molecule has 0 spiro atoms. The van der Waals surface area contributed by atoms with Crippen molar-refractivity contribution in [3.8, 4) is 0 Å². The van der Waals surface area contributed by atoms with Crippen LogP contribution in [0, 0.1) is 0 Å². The monoisotopic (exact) mass is 236 g/mol. The van der Waals surface area contributed by atoms with Crippen LogP contribution in [0.3, 0.4) is 0 Å². The first-order valence-electron chi connectivity index (χ1n) is 4.52. The van der Waals surface area contributed by atoms with Crippen LogP contribution < -0.4 is 0 Å². The van der Waals surface area contributed by atoms with Gasteiger partial charge in [0.15, 0.2) is 5.58 Å². The Labute approximate surface area is 96.2 Å². The van der Waals surface area contributed by atoms with Crippen molar-refractivity contribution in [3.05, 3.63) is 46.4 Å². The van der Waals surface area contributed by atoms with Crippen molar-refractivity contribution in [2.24, 2.45) is 0 Å². The molecule has 0 radical (unpaired) electrons. The van der Waals surface area contributed by atoms with Gasteiger partial charge in [0.25, 0.3) is 0 Å². The molecule has 15 heavy (non-hydrogen) atoms. The summed E-state index contributed by atoms with van der Waals surface area (Å²) in [5.74, 6) is 0. The molecule has 1 nitrogen and oxygen atoms in total. The maximum atomic E-state index is 6.04. The van der Waals surface area contributed by atoms with E-state index in [2.05, 4.69) is 0 Å². The average Bonchev–Trinajstić information content (AvgIpc) is 2.57. The number of para-hydroxylation sites is 1. The third-order valence-corrected chi connectivity index (χ3v) is 2.95. The third kappa shape index (κ3) is 1.31. The van der Waals surface area contributed by atoms with Crippen molar-refractivity contribution < 1.29 is 4.42 Å². The van der Waals surface area contributed by atoms with Gasteiger partial charge in [-0.15, -0.1) is 0 Å². The van der Waals surface area contributed by atoms with Gasteiger partial charge in [0.1, 0.15) is 5.58 Å². The van der Waals surface area contributed by atoms with Crippen LogP contribution in [0.1, 0.15) is 0 Å². The van der Waals surface area contributed by atoms with Crippen LogP contribution in [0.5, 0.6) is 0 Å². The Bertz CT molecular complexity index is 655. The number of fused-ring (bicyclic) bond motifs is 3. The zero-order chi connectivity index (χ0) is 10.4. The molecule has 2 aromatic carbocycles. The Morgan fingerprint density at radius 1 is 0.933 bits per heavy atom. The molecule has 0 aliphatic heterocycles. The number of furan rings is 1. The van der Waals surface area contributed by atoms with Gasteiger partial charge in [-0.1, -0.05) is 35.3 Å². The van der Waals surface area contributed by atoms with Gasteiger partial charge >= 0.3 is 0 Å². The minimum Gasteiger partial charge on any atom is -0.454 e. The molecule has 0 atom stereocenters. The summed E-state index contributed by atoms with van der Waals surface area (Å²) in [7, 11) is 0. The van der Waals surface area contributed by atoms with Crippen molar-refractivity contribution in [2.75, 3.05) is 0 Å². The van der Waals surface area contributed by atoms with Gasteiger partial charge < -0.3 is 4.42 Å². The highest BCUT2D eigenvalue weighted by atomic mass is 35.5. The number of halogens is 2. The predicted octanol–water partition coefficient (Wildman–Crippen LogP) is 4.89. The van der Waals surface area contributed by atoms with Crippen LogP contribution in [0.2, 0.25) is 10.0 Å². The summed E-state index contributed by atoms with van der Waals surface area (Å²) in [5, 5.41) is 3.35. The molecule has 74 valence electrons. The van der Waals surface area contributed by atoms with Crippen LogP contribution in [0.25, 0.3) is 21.9 Å². The summed E-state index contributed by atoms with van der Waals surface area (Å²) in [6, 6.07) is 11.3. The lowest BCUT2D eigenvalue weighted by Gasteiger charge is -1.90. The first-order valence-corrected chi connectivity index (χ1v) is 5.27. The average molecular weight is 237 g/mol. The van der Waals surface area contributed by atoms with E-state index in [1.54, 1.807) is 6.07 Å². The molecular weight excluding hydrogens is 231 g/mol. The van der Waals surface area contributed by atoms with Crippen molar-refractivity contribution in [3.63, 3.8) is 0 Å². The molecule has 0 bridgehead atoms. The fourth-order valence-electron chi connectivity index (χ4n) is 1.74. The molecule has 0 saturated carbocycles. The van der Waals surface area contributed by atoms with Crippen molar-refractivity contribution >= 4 is 45.1 Å². The van der Waals surface area contributed by atoms with Gasteiger partial charge in [0, 0.05) is 21.9 Å². The van der Waals surface area contributed by atoms with E-state index in [0.717, 1.165) is 21.9 Å². The molecule has 3 rings (SSSR count). The molecule has 0 unspecified atom stereocenters. The first kappa shape index (κ1) is 9.08. The lowest BCUT2D eigenvalue weighted by molar-refractivity contribution is 0.669. The molecule has 1 aromatic heterocycles. The third-order valence-electron chi connectivity index (χ3n) is 2.41.